The zero-order valence-electron chi connectivity index (χ0n) is 16.2. The molecule has 1 unspecified atom stereocenters. The van der Waals surface area contributed by atoms with Crippen molar-refractivity contribution in [3.8, 4) is 0 Å². The van der Waals surface area contributed by atoms with Crippen molar-refractivity contribution in [1.82, 2.24) is 15.5 Å². The number of hydrogen-bond donors (Lipinski definition) is 2. The number of hydrogen-bond acceptors (Lipinski definition) is 4. The summed E-state index contributed by atoms with van der Waals surface area (Å²) in [6.07, 6.45) is 2.92. The molecule has 0 fully saturated rings. The summed E-state index contributed by atoms with van der Waals surface area (Å²) in [6.45, 7) is 17.7. The van der Waals surface area contributed by atoms with Crippen LogP contribution in [-0.4, -0.2) is 54.5 Å². The van der Waals surface area contributed by atoms with Crippen LogP contribution in [0, 0.1) is 0 Å². The molecule has 0 aliphatic heterocycles. The van der Waals surface area contributed by atoms with Crippen molar-refractivity contribution in [2.45, 2.75) is 84.8 Å². The van der Waals surface area contributed by atoms with Gasteiger partial charge in [-0.1, -0.05) is 20.8 Å². The molecule has 2 atom stereocenters. The van der Waals surface area contributed by atoms with Gasteiger partial charge in [0.1, 0.15) is 0 Å². The van der Waals surface area contributed by atoms with Crippen LogP contribution in [0.3, 0.4) is 0 Å². The summed E-state index contributed by atoms with van der Waals surface area (Å²) < 4.78 is 0. The summed E-state index contributed by atoms with van der Waals surface area (Å²) in [5.41, 5.74) is -0.406. The van der Waals surface area contributed by atoms with E-state index in [1.165, 1.54) is 0 Å². The summed E-state index contributed by atoms with van der Waals surface area (Å²) in [5.74, 6) is 0.307. The van der Waals surface area contributed by atoms with Crippen LogP contribution in [0.2, 0.25) is 0 Å². The van der Waals surface area contributed by atoms with Crippen LogP contribution in [0.1, 0.15) is 67.7 Å². The SMILES string of the molecule is CCCN([C@H](C)C(=O)C(C)(CC)NCCNC)C(C)(C)CC. The van der Waals surface area contributed by atoms with Crippen molar-refractivity contribution in [1.29, 1.82) is 0 Å². The van der Waals surface area contributed by atoms with Crippen LogP contribution in [0.5, 0.6) is 0 Å². The predicted molar refractivity (Wildman–Crippen MR) is 96.5 cm³/mol. The number of carbonyl (C=O) groups is 1. The van der Waals surface area contributed by atoms with E-state index in [2.05, 4.69) is 57.1 Å². The van der Waals surface area contributed by atoms with Gasteiger partial charge in [0.2, 0.25) is 0 Å². The molecule has 0 aromatic heterocycles. The lowest BCUT2D eigenvalue weighted by Gasteiger charge is -2.44. The molecule has 0 spiro atoms. The Labute approximate surface area is 138 Å². The van der Waals surface area contributed by atoms with Gasteiger partial charge in [0.15, 0.2) is 5.78 Å². The maximum absolute atomic E-state index is 13.1. The number of likely N-dealkylation sites (N-methyl/N-ethyl adjacent to an activating group) is 1. The topological polar surface area (TPSA) is 44.4 Å². The molecule has 0 saturated heterocycles. The van der Waals surface area contributed by atoms with Crippen LogP contribution >= 0.6 is 0 Å². The van der Waals surface area contributed by atoms with Crippen molar-refractivity contribution in [2.75, 3.05) is 26.7 Å². The molecule has 0 aromatic rings. The molecular formula is C18H39N3O. The Kier molecular flexibility index (Phi) is 9.44. The largest absolute Gasteiger partial charge is 0.318 e. The van der Waals surface area contributed by atoms with Gasteiger partial charge in [-0.2, -0.15) is 0 Å². The van der Waals surface area contributed by atoms with E-state index in [-0.39, 0.29) is 11.6 Å². The Bertz CT molecular complexity index is 330. The van der Waals surface area contributed by atoms with Gasteiger partial charge >= 0.3 is 0 Å². The highest BCUT2D eigenvalue weighted by Crippen LogP contribution is 2.25. The van der Waals surface area contributed by atoms with Crippen molar-refractivity contribution in [3.05, 3.63) is 0 Å². The average molecular weight is 314 g/mol. The Morgan fingerprint density at radius 3 is 2.09 bits per heavy atom. The highest BCUT2D eigenvalue weighted by Gasteiger charge is 2.39. The molecule has 0 bridgehead atoms. The molecule has 22 heavy (non-hydrogen) atoms. The van der Waals surface area contributed by atoms with Gasteiger partial charge in [-0.25, -0.2) is 0 Å². The van der Waals surface area contributed by atoms with Crippen LogP contribution in [0.15, 0.2) is 0 Å². The summed E-state index contributed by atoms with van der Waals surface area (Å²) >= 11 is 0. The summed E-state index contributed by atoms with van der Waals surface area (Å²) in [4.78, 5) is 15.5. The third kappa shape index (κ3) is 5.64. The molecule has 0 saturated carbocycles. The number of ketones is 1. The van der Waals surface area contributed by atoms with E-state index < -0.39 is 5.54 Å². The second-order valence-corrected chi connectivity index (χ2v) is 7.12. The fourth-order valence-corrected chi connectivity index (χ4v) is 2.92. The Hall–Kier alpha value is -0.450. The number of nitrogens with one attached hydrogen (secondary N) is 2. The smallest absolute Gasteiger partial charge is 0.169 e. The van der Waals surface area contributed by atoms with Crippen LogP contribution in [0.25, 0.3) is 0 Å². The predicted octanol–water partition coefficient (Wildman–Crippen LogP) is 2.82. The molecule has 4 heteroatoms. The third-order valence-corrected chi connectivity index (χ3v) is 5.10. The molecule has 0 aromatic carbocycles. The fourth-order valence-electron chi connectivity index (χ4n) is 2.92. The Morgan fingerprint density at radius 1 is 1.09 bits per heavy atom. The van der Waals surface area contributed by atoms with E-state index in [1.807, 2.05) is 14.0 Å². The molecule has 0 aliphatic rings. The maximum atomic E-state index is 13.1. The lowest BCUT2D eigenvalue weighted by atomic mass is 9.86. The minimum absolute atomic E-state index is 0.0463. The minimum Gasteiger partial charge on any atom is -0.318 e. The highest BCUT2D eigenvalue weighted by atomic mass is 16.1. The van der Waals surface area contributed by atoms with Gasteiger partial charge in [0.25, 0.3) is 0 Å². The first-order valence-electron chi connectivity index (χ1n) is 8.90. The quantitative estimate of drug-likeness (QED) is 0.544. The van der Waals surface area contributed by atoms with Crippen molar-refractivity contribution in [2.24, 2.45) is 0 Å². The normalized spacial score (nSPS) is 16.6. The average Bonchev–Trinajstić information content (AvgIpc) is 2.51. The van der Waals surface area contributed by atoms with E-state index in [0.29, 0.717) is 5.78 Å². The lowest BCUT2D eigenvalue weighted by molar-refractivity contribution is -0.132. The molecule has 0 heterocycles. The molecule has 132 valence electrons. The van der Waals surface area contributed by atoms with Crippen molar-refractivity contribution < 1.29 is 4.79 Å². The minimum atomic E-state index is -0.452. The Morgan fingerprint density at radius 2 is 1.68 bits per heavy atom. The molecular weight excluding hydrogens is 274 g/mol. The number of rotatable bonds is 12. The second-order valence-electron chi connectivity index (χ2n) is 7.12. The second kappa shape index (κ2) is 9.64. The van der Waals surface area contributed by atoms with Gasteiger partial charge in [-0.3, -0.25) is 9.69 Å². The molecule has 0 radical (unpaired) electrons. The maximum Gasteiger partial charge on any atom is 0.169 e. The van der Waals surface area contributed by atoms with Gasteiger partial charge < -0.3 is 10.6 Å². The van der Waals surface area contributed by atoms with Crippen LogP contribution in [-0.2, 0) is 4.79 Å². The summed E-state index contributed by atoms with van der Waals surface area (Å²) in [7, 11) is 1.93. The molecule has 0 rings (SSSR count). The third-order valence-electron chi connectivity index (χ3n) is 5.10. The van der Waals surface area contributed by atoms with E-state index in [0.717, 1.165) is 38.9 Å². The first-order chi connectivity index (χ1) is 10.2. The summed E-state index contributed by atoms with van der Waals surface area (Å²) in [5, 5.41) is 6.58. The molecule has 0 amide bonds. The first-order valence-corrected chi connectivity index (χ1v) is 8.90. The van der Waals surface area contributed by atoms with E-state index in [1.54, 1.807) is 0 Å². The van der Waals surface area contributed by atoms with Gasteiger partial charge in [-0.05, 0) is 60.5 Å². The first kappa shape index (κ1) is 21.6. The van der Waals surface area contributed by atoms with E-state index in [4.69, 9.17) is 0 Å². The van der Waals surface area contributed by atoms with E-state index in [9.17, 15) is 4.79 Å². The number of Topliss-reactive ketones (excluding diaryl/α,β-unsaturated/α-hetero) is 1. The number of carbonyl (C=O) groups excluding carboxylic acids is 1. The zero-order valence-corrected chi connectivity index (χ0v) is 16.2. The number of nitrogens with zero attached hydrogens (tertiary/aromatic N) is 1. The van der Waals surface area contributed by atoms with Gasteiger partial charge in [-0.15, -0.1) is 0 Å². The highest BCUT2D eigenvalue weighted by molar-refractivity contribution is 5.92. The molecule has 2 N–H and O–H groups in total. The van der Waals surface area contributed by atoms with Gasteiger partial charge in [0.05, 0.1) is 11.6 Å². The molecule has 0 aliphatic carbocycles. The van der Waals surface area contributed by atoms with Gasteiger partial charge in [0, 0.05) is 18.6 Å². The van der Waals surface area contributed by atoms with Crippen molar-refractivity contribution >= 4 is 5.78 Å². The lowest BCUT2D eigenvalue weighted by Crippen LogP contribution is -2.60. The zero-order chi connectivity index (χ0) is 17.4. The van der Waals surface area contributed by atoms with Crippen LogP contribution < -0.4 is 10.6 Å². The van der Waals surface area contributed by atoms with E-state index >= 15 is 0 Å². The fraction of sp³-hybridized carbons (Fsp3) is 0.944. The molecule has 4 nitrogen and oxygen atoms in total. The standard InChI is InChI=1S/C18H39N3O/c1-9-14-21(17(5,6)10-2)15(4)16(22)18(7,11-3)20-13-12-19-8/h15,19-20H,9-14H2,1-8H3/t15-,18?/m1/s1. The van der Waals surface area contributed by atoms with Crippen LogP contribution in [0.4, 0.5) is 0 Å². The van der Waals surface area contributed by atoms with Crippen molar-refractivity contribution in [3.63, 3.8) is 0 Å². The Balaban J connectivity index is 5.17. The monoisotopic (exact) mass is 313 g/mol. The summed E-state index contributed by atoms with van der Waals surface area (Å²) in [6, 6.07) is -0.0677.